The Morgan fingerprint density at radius 2 is 0.877 bits per heavy atom. The second kappa shape index (κ2) is 51.2. The summed E-state index contributed by atoms with van der Waals surface area (Å²) in [6.07, 6.45) is 44.6. The summed E-state index contributed by atoms with van der Waals surface area (Å²) in [5.41, 5.74) is 0. The molecule has 0 aromatic rings. The summed E-state index contributed by atoms with van der Waals surface area (Å²) in [5, 5.41) is 0. The molecule has 0 aromatic heterocycles. The van der Waals surface area contributed by atoms with Gasteiger partial charge in [-0.15, -0.1) is 0 Å². The predicted molar refractivity (Wildman–Crippen MR) is 275 cm³/mol. The molecule has 9 heteroatoms. The Labute approximate surface area is 402 Å². The minimum Gasteiger partial charge on any atom is -0.466 e. The highest BCUT2D eigenvalue weighted by Gasteiger charge is 2.16. The SMILES string of the molecule is CCCC/C=C\CCCCCCCCC(=O)COCCCCCCC(CCCCCCCCOC(=O)CCCCCCC/C=C\CCCC)OC(=O)OCCN(CC)CCN(CC)CC. The van der Waals surface area contributed by atoms with Gasteiger partial charge >= 0.3 is 12.1 Å². The van der Waals surface area contributed by atoms with Crippen molar-refractivity contribution in [3.63, 3.8) is 0 Å². The molecule has 1 atom stereocenters. The van der Waals surface area contributed by atoms with Gasteiger partial charge in [0.15, 0.2) is 5.78 Å². The van der Waals surface area contributed by atoms with Crippen LogP contribution in [0.1, 0.15) is 247 Å². The van der Waals surface area contributed by atoms with Crippen LogP contribution in [0.3, 0.4) is 0 Å². The van der Waals surface area contributed by atoms with E-state index in [1.54, 1.807) is 0 Å². The summed E-state index contributed by atoms with van der Waals surface area (Å²) in [6.45, 7) is 18.4. The zero-order valence-electron chi connectivity index (χ0n) is 43.5. The molecule has 0 amide bonds. The first-order valence-electron chi connectivity index (χ1n) is 27.7. The second-order valence-electron chi connectivity index (χ2n) is 18.4. The van der Waals surface area contributed by atoms with Gasteiger partial charge in [-0.2, -0.15) is 0 Å². The molecule has 0 saturated heterocycles. The molecule has 0 aliphatic rings. The van der Waals surface area contributed by atoms with Crippen LogP contribution in [0.15, 0.2) is 24.3 Å². The molecule has 382 valence electrons. The van der Waals surface area contributed by atoms with E-state index >= 15 is 0 Å². The minimum absolute atomic E-state index is 0.0506. The number of unbranched alkanes of at least 4 members (excludes halogenated alkanes) is 23. The fourth-order valence-corrected chi connectivity index (χ4v) is 8.04. The van der Waals surface area contributed by atoms with Crippen LogP contribution in [0.4, 0.5) is 4.79 Å². The quantitative estimate of drug-likeness (QED) is 0.0336. The zero-order chi connectivity index (χ0) is 47.5. The van der Waals surface area contributed by atoms with Gasteiger partial charge in [0.1, 0.15) is 19.3 Å². The molecule has 0 aliphatic heterocycles. The zero-order valence-corrected chi connectivity index (χ0v) is 43.5. The Hall–Kier alpha value is -2.23. The highest BCUT2D eigenvalue weighted by Crippen LogP contribution is 2.18. The number of ether oxygens (including phenoxy) is 4. The first-order chi connectivity index (χ1) is 31.9. The Balaban J connectivity index is 4.30. The number of carbonyl (C=O) groups is 3. The summed E-state index contributed by atoms with van der Waals surface area (Å²) in [5.74, 6) is 0.172. The monoisotopic (exact) mass is 919 g/mol. The average Bonchev–Trinajstić information content (AvgIpc) is 3.30. The largest absolute Gasteiger partial charge is 0.508 e. The fraction of sp³-hybridized carbons (Fsp3) is 0.875. The number of rotatable bonds is 51. The van der Waals surface area contributed by atoms with Crippen molar-refractivity contribution in [1.29, 1.82) is 0 Å². The lowest BCUT2D eigenvalue weighted by atomic mass is 10.0. The van der Waals surface area contributed by atoms with E-state index in [9.17, 15) is 14.4 Å². The van der Waals surface area contributed by atoms with Gasteiger partial charge in [-0.1, -0.05) is 168 Å². The second-order valence-corrected chi connectivity index (χ2v) is 18.4. The van der Waals surface area contributed by atoms with Gasteiger partial charge in [0, 0.05) is 39.1 Å². The van der Waals surface area contributed by atoms with Gasteiger partial charge in [-0.3, -0.25) is 14.5 Å². The van der Waals surface area contributed by atoms with Crippen molar-refractivity contribution >= 4 is 17.9 Å². The third kappa shape index (κ3) is 46.7. The topological polar surface area (TPSA) is 94.6 Å². The van der Waals surface area contributed by atoms with Crippen molar-refractivity contribution in [2.75, 3.05) is 65.7 Å². The number of hydrogen-bond acceptors (Lipinski definition) is 9. The number of carbonyl (C=O) groups excluding carboxylic acids is 3. The van der Waals surface area contributed by atoms with Crippen molar-refractivity contribution < 1.29 is 33.3 Å². The molecular weight excluding hydrogens is 813 g/mol. The number of hydrogen-bond donors (Lipinski definition) is 0. The van der Waals surface area contributed by atoms with Crippen molar-refractivity contribution in [2.24, 2.45) is 0 Å². The molecule has 9 nitrogen and oxygen atoms in total. The molecule has 0 rings (SSSR count). The number of nitrogens with zero attached hydrogens (tertiary/aromatic N) is 2. The van der Waals surface area contributed by atoms with Gasteiger partial charge < -0.3 is 23.8 Å². The molecule has 0 aliphatic carbocycles. The molecule has 0 N–H and O–H groups in total. The van der Waals surface area contributed by atoms with E-state index in [1.165, 1.54) is 96.3 Å². The lowest BCUT2D eigenvalue weighted by Gasteiger charge is -2.25. The molecule has 0 aromatic carbocycles. The third-order valence-electron chi connectivity index (χ3n) is 12.6. The van der Waals surface area contributed by atoms with Crippen LogP contribution in [0.5, 0.6) is 0 Å². The van der Waals surface area contributed by atoms with E-state index in [-0.39, 0.29) is 24.5 Å². The molecule has 0 spiro atoms. The van der Waals surface area contributed by atoms with Gasteiger partial charge in [0.25, 0.3) is 0 Å². The van der Waals surface area contributed by atoms with Crippen molar-refractivity contribution in [3.05, 3.63) is 24.3 Å². The van der Waals surface area contributed by atoms with Crippen molar-refractivity contribution in [1.82, 2.24) is 9.80 Å². The van der Waals surface area contributed by atoms with E-state index in [2.05, 4.69) is 68.7 Å². The van der Waals surface area contributed by atoms with Gasteiger partial charge in [-0.25, -0.2) is 4.79 Å². The highest BCUT2D eigenvalue weighted by atomic mass is 16.7. The summed E-state index contributed by atoms with van der Waals surface area (Å²) < 4.78 is 22.7. The van der Waals surface area contributed by atoms with Gasteiger partial charge in [-0.05, 0) is 110 Å². The van der Waals surface area contributed by atoms with Gasteiger partial charge in [0.05, 0.1) is 6.61 Å². The van der Waals surface area contributed by atoms with Crippen molar-refractivity contribution in [2.45, 2.75) is 253 Å². The lowest BCUT2D eigenvalue weighted by Crippen LogP contribution is -2.37. The molecule has 0 heterocycles. The first-order valence-corrected chi connectivity index (χ1v) is 27.7. The van der Waals surface area contributed by atoms with Gasteiger partial charge in [0.2, 0.25) is 0 Å². The predicted octanol–water partition coefficient (Wildman–Crippen LogP) is 15.3. The Kier molecular flexibility index (Phi) is 49.4. The molecule has 0 fully saturated rings. The number of likely N-dealkylation sites (N-methyl/N-ethyl adjacent to an activating group) is 2. The van der Waals surface area contributed by atoms with Crippen LogP contribution in [0.25, 0.3) is 0 Å². The highest BCUT2D eigenvalue weighted by molar-refractivity contribution is 5.79. The first kappa shape index (κ1) is 62.8. The van der Waals surface area contributed by atoms with Crippen LogP contribution >= 0.6 is 0 Å². The van der Waals surface area contributed by atoms with Crippen LogP contribution in [-0.4, -0.2) is 99.5 Å². The molecular formula is C56H106N2O7. The third-order valence-corrected chi connectivity index (χ3v) is 12.6. The summed E-state index contributed by atoms with van der Waals surface area (Å²) in [4.78, 5) is 42.0. The normalized spacial score (nSPS) is 12.3. The smallest absolute Gasteiger partial charge is 0.466 e. The molecule has 65 heavy (non-hydrogen) atoms. The molecule has 0 radical (unpaired) electrons. The summed E-state index contributed by atoms with van der Waals surface area (Å²) in [6, 6.07) is 0. The molecule has 0 bridgehead atoms. The van der Waals surface area contributed by atoms with E-state index in [1.807, 2.05) is 0 Å². The number of Topliss-reactive ketones (excluding diaryl/α,β-unsaturated/α-hetero) is 1. The summed E-state index contributed by atoms with van der Waals surface area (Å²) in [7, 11) is 0. The van der Waals surface area contributed by atoms with Crippen LogP contribution in [0.2, 0.25) is 0 Å². The van der Waals surface area contributed by atoms with E-state index in [4.69, 9.17) is 18.9 Å². The van der Waals surface area contributed by atoms with E-state index < -0.39 is 6.16 Å². The lowest BCUT2D eigenvalue weighted by molar-refractivity contribution is -0.143. The van der Waals surface area contributed by atoms with E-state index in [0.717, 1.165) is 135 Å². The van der Waals surface area contributed by atoms with Crippen LogP contribution in [0, 0.1) is 0 Å². The summed E-state index contributed by atoms with van der Waals surface area (Å²) >= 11 is 0. The number of esters is 1. The maximum atomic E-state index is 12.8. The Morgan fingerprint density at radius 1 is 0.431 bits per heavy atom. The average molecular weight is 919 g/mol. The number of ketones is 1. The fourth-order valence-electron chi connectivity index (χ4n) is 8.04. The molecule has 1 unspecified atom stereocenters. The maximum Gasteiger partial charge on any atom is 0.508 e. The number of allylic oxidation sites excluding steroid dienone is 4. The van der Waals surface area contributed by atoms with Crippen LogP contribution < -0.4 is 0 Å². The maximum absolute atomic E-state index is 12.8. The van der Waals surface area contributed by atoms with E-state index in [0.29, 0.717) is 39.2 Å². The Morgan fingerprint density at radius 3 is 1.42 bits per heavy atom. The standard InChI is InChI=1S/C56H106N2O7/c1-6-11-13-15-17-19-21-23-24-26-30-36-42-53(59)52-62-49-40-35-33-38-44-54(65-56(61)64-51-48-58(10-5)47-46-57(8-3)9-4)43-37-31-28-29-34-41-50-63-55(60)45-39-32-27-25-22-20-18-16-14-12-7-2/h15-18,54H,6-14,19-52H2,1-5H3/b17-15-,18-16-. The van der Waals surface area contributed by atoms with Crippen molar-refractivity contribution in [3.8, 4) is 0 Å². The van der Waals surface area contributed by atoms with Crippen LogP contribution in [-0.2, 0) is 28.5 Å². The molecule has 0 saturated carbocycles. The minimum atomic E-state index is -0.551. The Bertz CT molecular complexity index is 1090.